The third kappa shape index (κ3) is 3.67. The van der Waals surface area contributed by atoms with Gasteiger partial charge < -0.3 is 9.63 Å². The molecule has 1 aromatic carbocycles. The Morgan fingerprint density at radius 2 is 2.23 bits per heavy atom. The summed E-state index contributed by atoms with van der Waals surface area (Å²) in [6.07, 6.45) is 0.0327. The zero-order chi connectivity index (χ0) is 16.3. The normalized spacial score (nSPS) is 12.6. The van der Waals surface area contributed by atoms with Crippen molar-refractivity contribution >= 4 is 5.97 Å². The van der Waals surface area contributed by atoms with E-state index in [4.69, 9.17) is 9.63 Å². The molecule has 1 heterocycles. The Labute approximate surface area is 127 Å². The molecule has 0 aliphatic rings. The van der Waals surface area contributed by atoms with Crippen molar-refractivity contribution in [3.05, 3.63) is 35.5 Å². The van der Waals surface area contributed by atoms with Gasteiger partial charge in [0.05, 0.1) is 12.5 Å². The van der Waals surface area contributed by atoms with Crippen molar-refractivity contribution in [2.24, 2.45) is 0 Å². The van der Waals surface area contributed by atoms with Gasteiger partial charge in [0.15, 0.2) is 0 Å². The molecule has 7 heteroatoms. The van der Waals surface area contributed by atoms with E-state index in [1.807, 2.05) is 6.92 Å². The summed E-state index contributed by atoms with van der Waals surface area (Å²) in [4.78, 5) is 16.7. The van der Waals surface area contributed by atoms with Crippen LogP contribution in [-0.4, -0.2) is 39.7 Å². The van der Waals surface area contributed by atoms with Gasteiger partial charge in [-0.3, -0.25) is 9.69 Å². The van der Waals surface area contributed by atoms with Gasteiger partial charge in [-0.15, -0.1) is 0 Å². The number of aromatic nitrogens is 2. The van der Waals surface area contributed by atoms with Crippen LogP contribution in [0.2, 0.25) is 0 Å². The van der Waals surface area contributed by atoms with Crippen molar-refractivity contribution in [3.8, 4) is 11.4 Å². The van der Waals surface area contributed by atoms with Crippen LogP contribution < -0.4 is 0 Å². The van der Waals surface area contributed by atoms with Crippen LogP contribution in [0.3, 0.4) is 0 Å². The lowest BCUT2D eigenvalue weighted by atomic mass is 10.1. The van der Waals surface area contributed by atoms with Gasteiger partial charge in [0.1, 0.15) is 5.82 Å². The maximum atomic E-state index is 13.6. The largest absolute Gasteiger partial charge is 0.481 e. The van der Waals surface area contributed by atoms with Gasteiger partial charge >= 0.3 is 5.97 Å². The van der Waals surface area contributed by atoms with E-state index in [1.54, 1.807) is 31.0 Å². The molecule has 0 aliphatic carbocycles. The molecule has 22 heavy (non-hydrogen) atoms. The number of benzene rings is 1. The molecule has 118 valence electrons. The fraction of sp³-hybridized carbons (Fsp3) is 0.400. The third-order valence-corrected chi connectivity index (χ3v) is 3.57. The van der Waals surface area contributed by atoms with Gasteiger partial charge in [0.25, 0.3) is 0 Å². The molecule has 0 spiro atoms. The number of aliphatic carboxylic acids is 1. The zero-order valence-electron chi connectivity index (χ0n) is 12.7. The molecule has 0 bridgehead atoms. The molecule has 1 aromatic heterocycles. The van der Waals surface area contributed by atoms with Crippen LogP contribution in [0, 0.1) is 12.7 Å². The van der Waals surface area contributed by atoms with Crippen LogP contribution >= 0.6 is 0 Å². The third-order valence-electron chi connectivity index (χ3n) is 3.57. The van der Waals surface area contributed by atoms with Crippen LogP contribution in [0.4, 0.5) is 4.39 Å². The molecule has 1 unspecified atom stereocenters. The van der Waals surface area contributed by atoms with E-state index >= 15 is 0 Å². The van der Waals surface area contributed by atoms with E-state index in [2.05, 4.69) is 10.1 Å². The molecule has 0 aliphatic heterocycles. The SMILES string of the molecule is Cc1ccc(-c2noc(C(C)N(C)CCC(=O)O)n2)cc1F. The molecule has 0 saturated heterocycles. The smallest absolute Gasteiger partial charge is 0.304 e. The van der Waals surface area contributed by atoms with Crippen molar-refractivity contribution in [2.45, 2.75) is 26.3 Å². The number of aryl methyl sites for hydroxylation is 1. The van der Waals surface area contributed by atoms with Gasteiger partial charge in [0.2, 0.25) is 11.7 Å². The van der Waals surface area contributed by atoms with E-state index in [0.29, 0.717) is 29.4 Å². The fourth-order valence-corrected chi connectivity index (χ4v) is 1.91. The Morgan fingerprint density at radius 1 is 1.50 bits per heavy atom. The molecule has 1 N–H and O–H groups in total. The summed E-state index contributed by atoms with van der Waals surface area (Å²) in [5, 5.41) is 12.6. The fourth-order valence-electron chi connectivity index (χ4n) is 1.91. The van der Waals surface area contributed by atoms with Crippen molar-refractivity contribution in [1.29, 1.82) is 0 Å². The molecule has 2 aromatic rings. The highest BCUT2D eigenvalue weighted by Gasteiger charge is 2.20. The Balaban J connectivity index is 2.13. The van der Waals surface area contributed by atoms with Crippen LogP contribution in [-0.2, 0) is 4.79 Å². The summed E-state index contributed by atoms with van der Waals surface area (Å²) in [6.45, 7) is 3.89. The first-order valence-electron chi connectivity index (χ1n) is 6.90. The van der Waals surface area contributed by atoms with E-state index in [9.17, 15) is 9.18 Å². The van der Waals surface area contributed by atoms with E-state index in [0.717, 1.165) is 0 Å². The van der Waals surface area contributed by atoms with Crippen LogP contribution in [0.5, 0.6) is 0 Å². The summed E-state index contributed by atoms with van der Waals surface area (Å²) in [5.74, 6) is -0.507. The number of hydrogen-bond acceptors (Lipinski definition) is 5. The Hall–Kier alpha value is -2.28. The first kappa shape index (κ1) is 16.1. The molecule has 0 radical (unpaired) electrons. The first-order valence-corrected chi connectivity index (χ1v) is 6.90. The van der Waals surface area contributed by atoms with E-state index in [1.165, 1.54) is 6.07 Å². The number of nitrogens with zero attached hydrogens (tertiary/aromatic N) is 3. The first-order chi connectivity index (χ1) is 10.4. The molecular formula is C15H18FN3O3. The highest BCUT2D eigenvalue weighted by atomic mass is 19.1. The highest BCUT2D eigenvalue weighted by Crippen LogP contribution is 2.23. The van der Waals surface area contributed by atoms with E-state index < -0.39 is 5.97 Å². The second kappa shape index (κ2) is 6.65. The Morgan fingerprint density at radius 3 is 2.86 bits per heavy atom. The highest BCUT2D eigenvalue weighted by molar-refractivity contribution is 5.66. The number of hydrogen-bond donors (Lipinski definition) is 1. The molecule has 0 saturated carbocycles. The lowest BCUT2D eigenvalue weighted by Crippen LogP contribution is -2.25. The van der Waals surface area contributed by atoms with Crippen molar-refractivity contribution in [2.75, 3.05) is 13.6 Å². The lowest BCUT2D eigenvalue weighted by Gasteiger charge is -2.20. The molecular weight excluding hydrogens is 289 g/mol. The van der Waals surface area contributed by atoms with Gasteiger partial charge in [-0.05, 0) is 32.5 Å². The number of halogens is 1. The minimum atomic E-state index is -0.861. The summed E-state index contributed by atoms with van der Waals surface area (Å²) in [6, 6.07) is 4.52. The predicted molar refractivity (Wildman–Crippen MR) is 77.7 cm³/mol. The molecule has 0 fully saturated rings. The monoisotopic (exact) mass is 307 g/mol. The Kier molecular flexibility index (Phi) is 4.87. The van der Waals surface area contributed by atoms with Crippen molar-refractivity contribution < 1.29 is 18.8 Å². The zero-order valence-corrected chi connectivity index (χ0v) is 12.7. The second-order valence-corrected chi connectivity index (χ2v) is 5.22. The quantitative estimate of drug-likeness (QED) is 0.884. The van der Waals surface area contributed by atoms with Gasteiger partial charge in [-0.1, -0.05) is 17.3 Å². The summed E-state index contributed by atoms with van der Waals surface area (Å²) >= 11 is 0. The van der Waals surface area contributed by atoms with Gasteiger partial charge in [0, 0.05) is 12.1 Å². The van der Waals surface area contributed by atoms with Gasteiger partial charge in [-0.2, -0.15) is 4.98 Å². The van der Waals surface area contributed by atoms with Crippen molar-refractivity contribution in [3.63, 3.8) is 0 Å². The molecule has 1 atom stereocenters. The number of carboxylic acids is 1. The number of carbonyl (C=O) groups is 1. The van der Waals surface area contributed by atoms with Gasteiger partial charge in [-0.25, -0.2) is 4.39 Å². The standard InChI is InChI=1S/C15H18FN3O3/c1-9-4-5-11(8-12(9)16)14-17-15(22-18-14)10(2)19(3)7-6-13(20)21/h4-5,8,10H,6-7H2,1-3H3,(H,20,21). The minimum Gasteiger partial charge on any atom is -0.481 e. The summed E-state index contributed by atoms with van der Waals surface area (Å²) in [5.41, 5.74) is 1.09. The lowest BCUT2D eigenvalue weighted by molar-refractivity contribution is -0.137. The van der Waals surface area contributed by atoms with Crippen LogP contribution in [0.1, 0.15) is 30.8 Å². The predicted octanol–water partition coefficient (Wildman–Crippen LogP) is 2.65. The maximum Gasteiger partial charge on any atom is 0.304 e. The van der Waals surface area contributed by atoms with Crippen LogP contribution in [0.25, 0.3) is 11.4 Å². The topological polar surface area (TPSA) is 79.5 Å². The second-order valence-electron chi connectivity index (χ2n) is 5.22. The van der Waals surface area contributed by atoms with E-state index in [-0.39, 0.29) is 18.3 Å². The number of carboxylic acid groups (broad SMARTS) is 1. The molecule has 6 nitrogen and oxygen atoms in total. The maximum absolute atomic E-state index is 13.6. The average Bonchev–Trinajstić information content (AvgIpc) is 2.96. The molecule has 2 rings (SSSR count). The van der Waals surface area contributed by atoms with Crippen LogP contribution in [0.15, 0.2) is 22.7 Å². The Bertz CT molecular complexity index is 672. The molecule has 0 amide bonds. The average molecular weight is 307 g/mol. The minimum absolute atomic E-state index is 0.0327. The van der Waals surface area contributed by atoms with Crippen molar-refractivity contribution in [1.82, 2.24) is 15.0 Å². The number of rotatable bonds is 6. The summed E-state index contributed by atoms with van der Waals surface area (Å²) < 4.78 is 18.8. The summed E-state index contributed by atoms with van der Waals surface area (Å²) in [7, 11) is 1.78.